The van der Waals surface area contributed by atoms with E-state index >= 15 is 0 Å². The predicted molar refractivity (Wildman–Crippen MR) is 115 cm³/mol. The van der Waals surface area contributed by atoms with Crippen LogP contribution in [0.5, 0.6) is 0 Å². The van der Waals surface area contributed by atoms with Gasteiger partial charge in [-0.1, -0.05) is 38.1 Å². The Labute approximate surface area is 192 Å². The number of carbonyl (C=O) groups excluding carboxylic acids is 1. The fraction of sp³-hybridized carbons (Fsp3) is 0.286. The average molecular weight is 481 g/mol. The lowest BCUT2D eigenvalue weighted by Gasteiger charge is -2.15. The molecule has 8 nitrogen and oxygen atoms in total. The zero-order chi connectivity index (χ0) is 23.1. The number of benzene rings is 1. The number of nitrogens with one attached hydrogen (secondary N) is 1. The van der Waals surface area contributed by atoms with Crippen LogP contribution in [0, 0.1) is 0 Å². The summed E-state index contributed by atoms with van der Waals surface area (Å²) in [6.45, 7) is 5.13. The zero-order valence-electron chi connectivity index (χ0n) is 17.8. The van der Waals surface area contributed by atoms with Gasteiger partial charge in [0, 0.05) is 23.7 Å². The lowest BCUT2D eigenvalue weighted by molar-refractivity contribution is -0.138. The Hall–Kier alpha value is -3.47. The molecule has 0 atom stereocenters. The van der Waals surface area contributed by atoms with Crippen LogP contribution in [-0.4, -0.2) is 30.6 Å². The number of amides is 1. The molecule has 0 aliphatic rings. The standard InChI is InChI=1S/C21H19F3N6O2.ClH/c1-20(2,3)19-28-17(29-32-19)18(31)25-10-13-7-6-12(9-14(13)21(22,23)24)16-15-5-4-8-30(15)27-11-26-16;/h4-9,11H,10H2,1-3H3,(H,25,31);1H. The van der Waals surface area contributed by atoms with Crippen molar-refractivity contribution in [1.29, 1.82) is 0 Å². The van der Waals surface area contributed by atoms with Gasteiger partial charge in [0.1, 0.15) is 6.33 Å². The van der Waals surface area contributed by atoms with Gasteiger partial charge >= 0.3 is 6.18 Å². The zero-order valence-corrected chi connectivity index (χ0v) is 18.7. The molecule has 0 spiro atoms. The summed E-state index contributed by atoms with van der Waals surface area (Å²) in [7, 11) is 0. The normalized spacial score (nSPS) is 11.9. The number of halogens is 4. The van der Waals surface area contributed by atoms with Crippen molar-refractivity contribution in [2.45, 2.75) is 38.9 Å². The molecule has 4 aromatic rings. The van der Waals surface area contributed by atoms with Crippen molar-refractivity contribution < 1.29 is 22.5 Å². The number of aromatic nitrogens is 5. The summed E-state index contributed by atoms with van der Waals surface area (Å²) in [4.78, 5) is 20.5. The van der Waals surface area contributed by atoms with Gasteiger partial charge < -0.3 is 9.84 Å². The lowest BCUT2D eigenvalue weighted by atomic mass is 9.97. The number of rotatable bonds is 4. The van der Waals surface area contributed by atoms with Crippen LogP contribution < -0.4 is 5.32 Å². The van der Waals surface area contributed by atoms with Crippen molar-refractivity contribution >= 4 is 23.8 Å². The van der Waals surface area contributed by atoms with Crippen molar-refractivity contribution in [2.24, 2.45) is 0 Å². The number of fused-ring (bicyclic) bond motifs is 1. The van der Waals surface area contributed by atoms with Crippen LogP contribution in [0.15, 0.2) is 47.4 Å². The molecular formula is C21H20ClF3N6O2. The Morgan fingerprint density at radius 2 is 1.94 bits per heavy atom. The summed E-state index contributed by atoms with van der Waals surface area (Å²) < 4.78 is 48.0. The van der Waals surface area contributed by atoms with Crippen molar-refractivity contribution in [3.8, 4) is 11.3 Å². The molecule has 1 N–H and O–H groups in total. The monoisotopic (exact) mass is 480 g/mol. The van der Waals surface area contributed by atoms with Crippen molar-refractivity contribution in [1.82, 2.24) is 30.1 Å². The van der Waals surface area contributed by atoms with Crippen molar-refractivity contribution in [3.63, 3.8) is 0 Å². The van der Waals surface area contributed by atoms with E-state index in [9.17, 15) is 18.0 Å². The van der Waals surface area contributed by atoms with Crippen LogP contribution in [0.3, 0.4) is 0 Å². The first-order chi connectivity index (χ1) is 15.0. The highest BCUT2D eigenvalue weighted by Crippen LogP contribution is 2.35. The van der Waals surface area contributed by atoms with E-state index in [1.807, 2.05) is 20.8 Å². The van der Waals surface area contributed by atoms with Crippen molar-refractivity contribution in [2.75, 3.05) is 0 Å². The van der Waals surface area contributed by atoms with Gasteiger partial charge in [0.25, 0.3) is 11.7 Å². The van der Waals surface area contributed by atoms with E-state index in [1.54, 1.807) is 18.3 Å². The number of alkyl halides is 3. The Balaban J connectivity index is 0.00000306. The molecule has 33 heavy (non-hydrogen) atoms. The molecule has 174 valence electrons. The van der Waals surface area contributed by atoms with E-state index in [0.717, 1.165) is 6.07 Å². The summed E-state index contributed by atoms with van der Waals surface area (Å²) in [5.74, 6) is -0.714. The topological polar surface area (TPSA) is 98.2 Å². The molecule has 12 heteroatoms. The molecule has 0 saturated carbocycles. The number of hydrogen-bond acceptors (Lipinski definition) is 6. The summed E-state index contributed by atoms with van der Waals surface area (Å²) in [6.07, 6.45) is -1.68. The van der Waals surface area contributed by atoms with Gasteiger partial charge in [-0.15, -0.1) is 12.4 Å². The molecule has 3 heterocycles. The van der Waals surface area contributed by atoms with Gasteiger partial charge in [-0.05, 0) is 23.8 Å². The Morgan fingerprint density at radius 1 is 1.18 bits per heavy atom. The van der Waals surface area contributed by atoms with Crippen LogP contribution in [0.4, 0.5) is 13.2 Å². The number of hydrogen-bond donors (Lipinski definition) is 1. The minimum absolute atomic E-state index is 0. The number of nitrogens with zero attached hydrogens (tertiary/aromatic N) is 5. The molecule has 1 amide bonds. The van der Waals surface area contributed by atoms with E-state index in [1.165, 1.54) is 23.0 Å². The van der Waals surface area contributed by atoms with Crippen LogP contribution in [0.1, 0.15) is 48.4 Å². The highest BCUT2D eigenvalue weighted by molar-refractivity contribution is 5.90. The molecule has 0 saturated heterocycles. The molecule has 1 aromatic carbocycles. The Morgan fingerprint density at radius 3 is 2.61 bits per heavy atom. The summed E-state index contributed by atoms with van der Waals surface area (Å²) >= 11 is 0. The fourth-order valence-electron chi connectivity index (χ4n) is 3.10. The molecule has 0 radical (unpaired) electrons. The molecule has 3 aromatic heterocycles. The molecule has 4 rings (SSSR count). The third kappa shape index (κ3) is 4.98. The predicted octanol–water partition coefficient (Wildman–Crippen LogP) is 4.45. The second-order valence-corrected chi connectivity index (χ2v) is 8.17. The van der Waals surface area contributed by atoms with Gasteiger partial charge in [-0.2, -0.15) is 23.3 Å². The van der Waals surface area contributed by atoms with Gasteiger partial charge in [0.05, 0.1) is 16.8 Å². The highest BCUT2D eigenvalue weighted by atomic mass is 35.5. The maximum atomic E-state index is 13.8. The van der Waals surface area contributed by atoms with Gasteiger partial charge in [-0.25, -0.2) is 9.50 Å². The first kappa shape index (κ1) is 24.2. The molecule has 0 unspecified atom stereocenters. The van der Waals surface area contributed by atoms with Crippen molar-refractivity contribution in [3.05, 3.63) is 65.7 Å². The van der Waals surface area contributed by atoms with Gasteiger partial charge in [0.2, 0.25) is 5.89 Å². The third-order valence-corrected chi connectivity index (χ3v) is 4.73. The maximum Gasteiger partial charge on any atom is 0.416 e. The minimum Gasteiger partial charge on any atom is -0.345 e. The van der Waals surface area contributed by atoms with Crippen LogP contribution in [0.2, 0.25) is 0 Å². The second kappa shape index (κ2) is 8.81. The van der Waals surface area contributed by atoms with Gasteiger partial charge in [-0.3, -0.25) is 4.79 Å². The maximum absolute atomic E-state index is 13.8. The molecule has 0 bridgehead atoms. The van der Waals surface area contributed by atoms with E-state index in [0.29, 0.717) is 11.2 Å². The molecular weight excluding hydrogens is 461 g/mol. The van der Waals surface area contributed by atoms with Crippen LogP contribution in [-0.2, 0) is 18.1 Å². The third-order valence-electron chi connectivity index (χ3n) is 4.73. The quantitative estimate of drug-likeness (QED) is 0.463. The largest absolute Gasteiger partial charge is 0.416 e. The van der Waals surface area contributed by atoms with E-state index < -0.39 is 23.1 Å². The Kier molecular flexibility index (Phi) is 6.46. The SMILES string of the molecule is CC(C)(C)c1nc(C(=O)NCc2ccc(-c3ncnn4cccc34)cc2C(F)(F)F)no1.Cl. The summed E-state index contributed by atoms with van der Waals surface area (Å²) in [5.41, 5.74) is -0.207. The lowest BCUT2D eigenvalue weighted by Crippen LogP contribution is -2.26. The van der Waals surface area contributed by atoms with Crippen LogP contribution >= 0.6 is 12.4 Å². The molecule has 0 fully saturated rings. The molecule has 0 aliphatic carbocycles. The first-order valence-electron chi connectivity index (χ1n) is 9.65. The summed E-state index contributed by atoms with van der Waals surface area (Å²) in [5, 5.41) is 10.1. The summed E-state index contributed by atoms with van der Waals surface area (Å²) in [6, 6.07) is 7.30. The van der Waals surface area contributed by atoms with Gasteiger partial charge in [0.15, 0.2) is 0 Å². The van der Waals surface area contributed by atoms with E-state index in [-0.39, 0.29) is 41.8 Å². The minimum atomic E-state index is -4.63. The molecule has 0 aliphatic heterocycles. The Bertz CT molecular complexity index is 1290. The first-order valence-corrected chi connectivity index (χ1v) is 9.65. The fourth-order valence-corrected chi connectivity index (χ4v) is 3.10. The number of carbonyl (C=O) groups is 1. The van der Waals surface area contributed by atoms with Crippen LogP contribution in [0.25, 0.3) is 16.8 Å². The second-order valence-electron chi connectivity index (χ2n) is 8.17. The smallest absolute Gasteiger partial charge is 0.345 e. The van der Waals surface area contributed by atoms with E-state index in [4.69, 9.17) is 4.52 Å². The average Bonchev–Trinajstić information content (AvgIpc) is 3.40. The highest BCUT2D eigenvalue weighted by Gasteiger charge is 2.34. The van der Waals surface area contributed by atoms with E-state index in [2.05, 4.69) is 25.5 Å².